The molecular formula is C21H25N3O. The van der Waals surface area contributed by atoms with Crippen molar-refractivity contribution in [1.29, 1.82) is 0 Å². The Morgan fingerprint density at radius 1 is 1.04 bits per heavy atom. The summed E-state index contributed by atoms with van der Waals surface area (Å²) in [6, 6.07) is 12.5. The SMILES string of the molecule is O=C(Nc1ccc(N2CCCc3ccccc32)nc1)C1CCCCC1. The number of rotatable bonds is 3. The molecule has 25 heavy (non-hydrogen) atoms. The van der Waals surface area contributed by atoms with Crippen molar-refractivity contribution in [2.75, 3.05) is 16.8 Å². The van der Waals surface area contributed by atoms with Crippen molar-refractivity contribution in [3.8, 4) is 0 Å². The first kappa shape index (κ1) is 16.1. The van der Waals surface area contributed by atoms with Crippen molar-refractivity contribution < 1.29 is 4.79 Å². The van der Waals surface area contributed by atoms with Crippen LogP contribution < -0.4 is 10.2 Å². The number of hydrogen-bond donors (Lipinski definition) is 1. The number of fused-ring (bicyclic) bond motifs is 1. The lowest BCUT2D eigenvalue weighted by atomic mass is 9.88. The first-order valence-corrected chi connectivity index (χ1v) is 9.43. The zero-order valence-electron chi connectivity index (χ0n) is 14.6. The molecule has 0 spiro atoms. The van der Waals surface area contributed by atoms with Gasteiger partial charge in [-0.15, -0.1) is 0 Å². The van der Waals surface area contributed by atoms with Gasteiger partial charge in [0.1, 0.15) is 5.82 Å². The van der Waals surface area contributed by atoms with E-state index < -0.39 is 0 Å². The molecule has 1 aliphatic heterocycles. The lowest BCUT2D eigenvalue weighted by Crippen LogP contribution is -2.26. The van der Waals surface area contributed by atoms with Gasteiger partial charge in [-0.25, -0.2) is 4.98 Å². The number of hydrogen-bond acceptors (Lipinski definition) is 3. The maximum absolute atomic E-state index is 12.4. The summed E-state index contributed by atoms with van der Waals surface area (Å²) in [5, 5.41) is 3.04. The third kappa shape index (κ3) is 3.53. The first-order chi connectivity index (χ1) is 12.3. The second-order valence-electron chi connectivity index (χ2n) is 7.11. The molecule has 0 atom stereocenters. The maximum atomic E-state index is 12.4. The van der Waals surface area contributed by atoms with E-state index in [2.05, 4.69) is 39.5 Å². The number of amides is 1. The Labute approximate surface area is 149 Å². The zero-order valence-corrected chi connectivity index (χ0v) is 14.6. The average Bonchev–Trinajstić information content (AvgIpc) is 2.69. The van der Waals surface area contributed by atoms with E-state index in [0.29, 0.717) is 0 Å². The summed E-state index contributed by atoms with van der Waals surface area (Å²) in [5.74, 6) is 1.27. The molecule has 130 valence electrons. The van der Waals surface area contributed by atoms with Gasteiger partial charge in [0, 0.05) is 18.2 Å². The Bertz CT molecular complexity index is 735. The van der Waals surface area contributed by atoms with E-state index in [1.165, 1.54) is 30.5 Å². The minimum atomic E-state index is 0.151. The highest BCUT2D eigenvalue weighted by Gasteiger charge is 2.22. The van der Waals surface area contributed by atoms with Crippen LogP contribution in [0.15, 0.2) is 42.6 Å². The summed E-state index contributed by atoms with van der Waals surface area (Å²) in [5.41, 5.74) is 3.43. The van der Waals surface area contributed by atoms with Crippen LogP contribution in [0.4, 0.5) is 17.2 Å². The predicted molar refractivity (Wildman–Crippen MR) is 101 cm³/mol. The van der Waals surface area contributed by atoms with Crippen molar-refractivity contribution in [2.24, 2.45) is 5.92 Å². The molecule has 0 unspecified atom stereocenters. The number of benzene rings is 1. The average molecular weight is 335 g/mol. The number of aryl methyl sites for hydroxylation is 1. The number of anilines is 3. The van der Waals surface area contributed by atoms with E-state index in [-0.39, 0.29) is 11.8 Å². The molecule has 1 aromatic carbocycles. The molecule has 2 aromatic rings. The minimum Gasteiger partial charge on any atom is -0.326 e. The Morgan fingerprint density at radius 2 is 1.88 bits per heavy atom. The van der Waals surface area contributed by atoms with Crippen LogP contribution in [0.5, 0.6) is 0 Å². The van der Waals surface area contributed by atoms with Crippen molar-refractivity contribution in [1.82, 2.24) is 4.98 Å². The quantitative estimate of drug-likeness (QED) is 0.885. The Kier molecular flexibility index (Phi) is 4.68. The molecule has 1 N–H and O–H groups in total. The maximum Gasteiger partial charge on any atom is 0.227 e. The third-order valence-electron chi connectivity index (χ3n) is 5.38. The highest BCUT2D eigenvalue weighted by atomic mass is 16.1. The number of aromatic nitrogens is 1. The van der Waals surface area contributed by atoms with E-state index in [0.717, 1.165) is 43.7 Å². The molecule has 1 fully saturated rings. The van der Waals surface area contributed by atoms with E-state index in [9.17, 15) is 4.79 Å². The van der Waals surface area contributed by atoms with Crippen molar-refractivity contribution >= 4 is 23.1 Å². The summed E-state index contributed by atoms with van der Waals surface area (Å²) in [4.78, 5) is 19.2. The molecule has 4 heteroatoms. The van der Waals surface area contributed by atoms with Gasteiger partial charge in [0.25, 0.3) is 0 Å². The fourth-order valence-corrected chi connectivity index (χ4v) is 4.00. The van der Waals surface area contributed by atoms with E-state index in [1.807, 2.05) is 12.1 Å². The monoisotopic (exact) mass is 335 g/mol. The van der Waals surface area contributed by atoms with Crippen LogP contribution >= 0.6 is 0 Å². The Balaban J connectivity index is 1.46. The molecule has 2 heterocycles. The summed E-state index contributed by atoms with van der Waals surface area (Å²) >= 11 is 0. The Hall–Kier alpha value is -2.36. The largest absolute Gasteiger partial charge is 0.326 e. The first-order valence-electron chi connectivity index (χ1n) is 9.43. The summed E-state index contributed by atoms with van der Waals surface area (Å²) < 4.78 is 0. The van der Waals surface area contributed by atoms with Gasteiger partial charge in [-0.1, -0.05) is 37.5 Å². The lowest BCUT2D eigenvalue weighted by molar-refractivity contribution is -0.120. The standard InChI is InChI=1S/C21H25N3O/c25-21(17-8-2-1-3-9-17)23-18-12-13-20(22-15-18)24-14-6-10-16-7-4-5-11-19(16)24/h4-5,7,11-13,15,17H,1-3,6,8-10,14H2,(H,23,25). The van der Waals surface area contributed by atoms with Gasteiger partial charge < -0.3 is 10.2 Å². The molecule has 4 nitrogen and oxygen atoms in total. The topological polar surface area (TPSA) is 45.2 Å². The molecule has 0 bridgehead atoms. The number of pyridine rings is 1. The summed E-state index contributed by atoms with van der Waals surface area (Å²) in [7, 11) is 0. The van der Waals surface area contributed by atoms with Crippen molar-refractivity contribution in [3.05, 3.63) is 48.2 Å². The van der Waals surface area contributed by atoms with Crippen LogP contribution in [-0.2, 0) is 11.2 Å². The Morgan fingerprint density at radius 3 is 2.68 bits per heavy atom. The molecule has 0 radical (unpaired) electrons. The van der Waals surface area contributed by atoms with Gasteiger partial charge in [-0.2, -0.15) is 0 Å². The van der Waals surface area contributed by atoms with Crippen LogP contribution in [0, 0.1) is 5.92 Å². The highest BCUT2D eigenvalue weighted by Crippen LogP contribution is 2.32. The van der Waals surface area contributed by atoms with Crippen LogP contribution in [-0.4, -0.2) is 17.4 Å². The number of nitrogens with zero attached hydrogens (tertiary/aromatic N) is 2. The van der Waals surface area contributed by atoms with Crippen LogP contribution in [0.3, 0.4) is 0 Å². The molecular weight excluding hydrogens is 310 g/mol. The molecule has 1 saturated carbocycles. The normalized spacial score (nSPS) is 17.8. The second-order valence-corrected chi connectivity index (χ2v) is 7.11. The molecule has 1 aromatic heterocycles. The van der Waals surface area contributed by atoms with E-state index in [1.54, 1.807) is 6.20 Å². The number of carbonyl (C=O) groups is 1. The van der Waals surface area contributed by atoms with Gasteiger partial charge in [0.2, 0.25) is 5.91 Å². The highest BCUT2D eigenvalue weighted by molar-refractivity contribution is 5.92. The fourth-order valence-electron chi connectivity index (χ4n) is 4.00. The van der Waals surface area contributed by atoms with Gasteiger partial charge >= 0.3 is 0 Å². The zero-order chi connectivity index (χ0) is 17.1. The summed E-state index contributed by atoms with van der Waals surface area (Å²) in [6.45, 7) is 0.984. The number of para-hydroxylation sites is 1. The predicted octanol–water partition coefficient (Wildman–Crippen LogP) is 4.68. The second kappa shape index (κ2) is 7.26. The molecule has 0 saturated heterocycles. The van der Waals surface area contributed by atoms with Crippen molar-refractivity contribution in [2.45, 2.75) is 44.9 Å². The molecule has 1 amide bonds. The van der Waals surface area contributed by atoms with Gasteiger partial charge in [-0.05, 0) is 49.4 Å². The molecule has 4 rings (SSSR count). The van der Waals surface area contributed by atoms with Crippen LogP contribution in [0.2, 0.25) is 0 Å². The molecule has 2 aliphatic rings. The van der Waals surface area contributed by atoms with Gasteiger partial charge in [-0.3, -0.25) is 4.79 Å². The number of nitrogens with one attached hydrogen (secondary N) is 1. The minimum absolute atomic E-state index is 0.151. The third-order valence-corrected chi connectivity index (χ3v) is 5.38. The lowest BCUT2D eigenvalue weighted by Gasteiger charge is -2.30. The van der Waals surface area contributed by atoms with E-state index >= 15 is 0 Å². The van der Waals surface area contributed by atoms with Crippen molar-refractivity contribution in [3.63, 3.8) is 0 Å². The smallest absolute Gasteiger partial charge is 0.227 e. The summed E-state index contributed by atoms with van der Waals surface area (Å²) in [6.07, 6.45) is 9.68. The van der Waals surface area contributed by atoms with E-state index in [4.69, 9.17) is 0 Å². The van der Waals surface area contributed by atoms with Gasteiger partial charge in [0.15, 0.2) is 0 Å². The number of carbonyl (C=O) groups excluding carboxylic acids is 1. The molecule has 1 aliphatic carbocycles. The fraction of sp³-hybridized carbons (Fsp3) is 0.429. The van der Waals surface area contributed by atoms with Gasteiger partial charge in [0.05, 0.1) is 11.9 Å². The van der Waals surface area contributed by atoms with Crippen LogP contribution in [0.1, 0.15) is 44.1 Å². The van der Waals surface area contributed by atoms with Crippen LogP contribution in [0.25, 0.3) is 0 Å².